The van der Waals surface area contributed by atoms with Gasteiger partial charge in [-0.15, -0.1) is 0 Å². The predicted octanol–water partition coefficient (Wildman–Crippen LogP) is 4.02. The molecule has 1 atom stereocenters. The van der Waals surface area contributed by atoms with E-state index in [0.717, 1.165) is 23.1 Å². The number of rotatable bonds is 7. The van der Waals surface area contributed by atoms with Crippen LogP contribution in [-0.4, -0.2) is 30.1 Å². The van der Waals surface area contributed by atoms with Gasteiger partial charge in [0.1, 0.15) is 24.0 Å². The van der Waals surface area contributed by atoms with Crippen molar-refractivity contribution < 1.29 is 18.3 Å². The zero-order valence-corrected chi connectivity index (χ0v) is 17.4. The number of hydrogen-bond donors (Lipinski definition) is 2. The molecule has 2 N–H and O–H groups in total. The third-order valence-electron chi connectivity index (χ3n) is 5.26. The number of urea groups is 1. The molecule has 0 bridgehead atoms. The largest absolute Gasteiger partial charge is 0.487 e. The SMILES string of the molecule is O=C(NCc1ccc(OCc2ccccn2)cc1)NC1CCN(c2ccc(F)cc2F)C1. The van der Waals surface area contributed by atoms with E-state index in [-0.39, 0.29) is 12.1 Å². The molecule has 6 nitrogen and oxygen atoms in total. The summed E-state index contributed by atoms with van der Waals surface area (Å²) in [5, 5.41) is 5.74. The summed E-state index contributed by atoms with van der Waals surface area (Å²) in [6, 6.07) is 16.3. The molecule has 1 fully saturated rings. The second-order valence-corrected chi connectivity index (χ2v) is 7.61. The molecule has 2 amide bonds. The molecular formula is C24H24F2N4O2. The minimum Gasteiger partial charge on any atom is -0.487 e. The molecule has 0 aliphatic carbocycles. The topological polar surface area (TPSA) is 66.5 Å². The third kappa shape index (κ3) is 5.72. The van der Waals surface area contributed by atoms with Crippen LogP contribution in [0.15, 0.2) is 66.9 Å². The van der Waals surface area contributed by atoms with E-state index in [1.807, 2.05) is 47.4 Å². The van der Waals surface area contributed by atoms with Gasteiger partial charge in [0.15, 0.2) is 0 Å². The van der Waals surface area contributed by atoms with Gasteiger partial charge in [0, 0.05) is 37.9 Å². The Morgan fingerprint density at radius 1 is 1.12 bits per heavy atom. The van der Waals surface area contributed by atoms with E-state index in [4.69, 9.17) is 4.74 Å². The van der Waals surface area contributed by atoms with E-state index >= 15 is 0 Å². The number of nitrogens with zero attached hydrogens (tertiary/aromatic N) is 2. The molecule has 166 valence electrons. The quantitative estimate of drug-likeness (QED) is 0.585. The van der Waals surface area contributed by atoms with Gasteiger partial charge in [0.25, 0.3) is 0 Å². The van der Waals surface area contributed by atoms with E-state index in [2.05, 4.69) is 15.6 Å². The van der Waals surface area contributed by atoms with E-state index in [0.29, 0.717) is 38.3 Å². The number of benzene rings is 2. The van der Waals surface area contributed by atoms with Crippen molar-refractivity contribution in [2.24, 2.45) is 0 Å². The molecule has 32 heavy (non-hydrogen) atoms. The van der Waals surface area contributed by atoms with Gasteiger partial charge in [0.05, 0.1) is 11.4 Å². The Bertz CT molecular complexity index is 1050. The lowest BCUT2D eigenvalue weighted by Crippen LogP contribution is -2.43. The molecule has 1 saturated heterocycles. The summed E-state index contributed by atoms with van der Waals surface area (Å²) < 4.78 is 32.8. The highest BCUT2D eigenvalue weighted by Crippen LogP contribution is 2.24. The van der Waals surface area contributed by atoms with Crippen LogP contribution in [0.1, 0.15) is 17.7 Å². The van der Waals surface area contributed by atoms with Gasteiger partial charge >= 0.3 is 6.03 Å². The Kier molecular flexibility index (Phi) is 6.79. The Balaban J connectivity index is 1.20. The van der Waals surface area contributed by atoms with Gasteiger partial charge in [-0.3, -0.25) is 4.98 Å². The second kappa shape index (κ2) is 10.1. The van der Waals surface area contributed by atoms with Crippen LogP contribution < -0.4 is 20.3 Å². The minimum atomic E-state index is -0.604. The summed E-state index contributed by atoms with van der Waals surface area (Å²) in [5.41, 5.74) is 2.13. The lowest BCUT2D eigenvalue weighted by atomic mass is 10.2. The van der Waals surface area contributed by atoms with E-state index < -0.39 is 11.6 Å². The number of nitrogens with one attached hydrogen (secondary N) is 2. The Morgan fingerprint density at radius 2 is 1.97 bits per heavy atom. The van der Waals surface area contributed by atoms with Crippen LogP contribution in [0.5, 0.6) is 5.75 Å². The molecule has 0 saturated carbocycles. The molecule has 2 heterocycles. The van der Waals surface area contributed by atoms with Crippen molar-refractivity contribution >= 4 is 11.7 Å². The summed E-state index contributed by atoms with van der Waals surface area (Å²) >= 11 is 0. The molecule has 3 aromatic rings. The summed E-state index contributed by atoms with van der Waals surface area (Å²) in [6.45, 7) is 1.82. The molecular weight excluding hydrogens is 414 g/mol. The first-order valence-corrected chi connectivity index (χ1v) is 10.4. The van der Waals surface area contributed by atoms with Crippen molar-refractivity contribution in [3.05, 3.63) is 89.8 Å². The highest BCUT2D eigenvalue weighted by atomic mass is 19.1. The number of halogens is 2. The van der Waals surface area contributed by atoms with Gasteiger partial charge in [-0.25, -0.2) is 13.6 Å². The van der Waals surface area contributed by atoms with Gasteiger partial charge in [-0.2, -0.15) is 0 Å². The molecule has 1 aliphatic heterocycles. The third-order valence-corrected chi connectivity index (χ3v) is 5.26. The maximum absolute atomic E-state index is 14.0. The summed E-state index contributed by atoms with van der Waals surface area (Å²) in [7, 11) is 0. The van der Waals surface area contributed by atoms with Crippen LogP contribution in [0.4, 0.5) is 19.3 Å². The number of aromatic nitrogens is 1. The average Bonchev–Trinajstić information content (AvgIpc) is 3.25. The highest BCUT2D eigenvalue weighted by Gasteiger charge is 2.25. The minimum absolute atomic E-state index is 0.109. The van der Waals surface area contributed by atoms with Crippen molar-refractivity contribution in [2.75, 3.05) is 18.0 Å². The lowest BCUT2D eigenvalue weighted by molar-refractivity contribution is 0.237. The van der Waals surface area contributed by atoms with E-state index in [9.17, 15) is 13.6 Å². The molecule has 1 unspecified atom stereocenters. The second-order valence-electron chi connectivity index (χ2n) is 7.61. The van der Waals surface area contributed by atoms with Gasteiger partial charge in [-0.05, 0) is 48.4 Å². The summed E-state index contributed by atoms with van der Waals surface area (Å²) in [4.78, 5) is 18.3. The van der Waals surface area contributed by atoms with Crippen LogP contribution in [-0.2, 0) is 13.2 Å². The molecule has 1 aromatic heterocycles. The molecule has 2 aromatic carbocycles. The Morgan fingerprint density at radius 3 is 2.72 bits per heavy atom. The normalized spacial score (nSPS) is 15.4. The van der Waals surface area contributed by atoms with Crippen molar-refractivity contribution in [2.45, 2.75) is 25.6 Å². The summed E-state index contributed by atoms with van der Waals surface area (Å²) in [6.07, 6.45) is 2.41. The van der Waals surface area contributed by atoms with Crippen LogP contribution in [0.3, 0.4) is 0 Å². The number of carbonyl (C=O) groups is 1. The van der Waals surface area contributed by atoms with E-state index in [1.165, 1.54) is 12.1 Å². The van der Waals surface area contributed by atoms with Crippen molar-refractivity contribution in [3.63, 3.8) is 0 Å². The average molecular weight is 438 g/mol. The Labute approximate surface area is 185 Å². The number of pyridine rings is 1. The first-order valence-electron chi connectivity index (χ1n) is 10.4. The first kappa shape index (κ1) is 21.5. The number of hydrogen-bond acceptors (Lipinski definition) is 4. The number of anilines is 1. The van der Waals surface area contributed by atoms with Crippen molar-refractivity contribution in [1.29, 1.82) is 0 Å². The number of carbonyl (C=O) groups excluding carboxylic acids is 1. The van der Waals surface area contributed by atoms with Crippen LogP contribution >= 0.6 is 0 Å². The molecule has 1 aliphatic rings. The van der Waals surface area contributed by atoms with Crippen LogP contribution in [0.2, 0.25) is 0 Å². The van der Waals surface area contributed by atoms with E-state index in [1.54, 1.807) is 6.20 Å². The molecule has 8 heteroatoms. The van der Waals surface area contributed by atoms with Crippen LogP contribution in [0, 0.1) is 11.6 Å². The van der Waals surface area contributed by atoms with Crippen molar-refractivity contribution in [3.8, 4) is 5.75 Å². The maximum atomic E-state index is 14.0. The fourth-order valence-corrected chi connectivity index (χ4v) is 3.60. The van der Waals surface area contributed by atoms with Crippen molar-refractivity contribution in [1.82, 2.24) is 15.6 Å². The fourth-order valence-electron chi connectivity index (χ4n) is 3.60. The van der Waals surface area contributed by atoms with Gasteiger partial charge < -0.3 is 20.3 Å². The Hall–Kier alpha value is -3.68. The highest BCUT2D eigenvalue weighted by molar-refractivity contribution is 5.74. The maximum Gasteiger partial charge on any atom is 0.315 e. The molecule has 0 spiro atoms. The standard InChI is InChI=1S/C24H24F2N4O2/c25-18-6-9-23(22(26)13-18)30-12-10-19(15-30)29-24(31)28-14-17-4-7-21(8-5-17)32-16-20-3-1-2-11-27-20/h1-9,11,13,19H,10,12,14-16H2,(H2,28,29,31). The zero-order valence-electron chi connectivity index (χ0n) is 17.4. The summed E-state index contributed by atoms with van der Waals surface area (Å²) in [5.74, 6) is -0.474. The molecule has 4 rings (SSSR count). The predicted molar refractivity (Wildman–Crippen MR) is 117 cm³/mol. The van der Waals surface area contributed by atoms with Gasteiger partial charge in [0.2, 0.25) is 0 Å². The first-order chi connectivity index (χ1) is 15.6. The van der Waals surface area contributed by atoms with Crippen LogP contribution in [0.25, 0.3) is 0 Å². The fraction of sp³-hybridized carbons (Fsp3) is 0.250. The lowest BCUT2D eigenvalue weighted by Gasteiger charge is -2.20. The monoisotopic (exact) mass is 438 g/mol. The number of amides is 2. The molecule has 0 radical (unpaired) electrons. The zero-order chi connectivity index (χ0) is 22.3. The van der Waals surface area contributed by atoms with Gasteiger partial charge in [-0.1, -0.05) is 18.2 Å². The number of ether oxygens (including phenoxy) is 1. The smallest absolute Gasteiger partial charge is 0.315 e.